The second kappa shape index (κ2) is 7.77. The van der Waals surface area contributed by atoms with Gasteiger partial charge in [0.15, 0.2) is 0 Å². The predicted octanol–water partition coefficient (Wildman–Crippen LogP) is 2.57. The molecule has 1 amide bonds. The molecule has 1 N–H and O–H groups in total. The number of hydrogen-bond acceptors (Lipinski definition) is 3. The van der Waals surface area contributed by atoms with Crippen LogP contribution in [-0.4, -0.2) is 46.8 Å². The van der Waals surface area contributed by atoms with E-state index in [1.54, 1.807) is 23.0 Å². The van der Waals surface area contributed by atoms with Crippen molar-refractivity contribution in [1.29, 1.82) is 0 Å². The van der Waals surface area contributed by atoms with Gasteiger partial charge in [-0.05, 0) is 51.1 Å². The van der Waals surface area contributed by atoms with Gasteiger partial charge in [-0.15, -0.1) is 12.4 Å². The van der Waals surface area contributed by atoms with Crippen molar-refractivity contribution < 1.29 is 9.18 Å². The van der Waals surface area contributed by atoms with Gasteiger partial charge in [0, 0.05) is 19.1 Å². The van der Waals surface area contributed by atoms with Crippen molar-refractivity contribution in [1.82, 2.24) is 20.0 Å². The lowest BCUT2D eigenvalue weighted by atomic mass is 10.0. The van der Waals surface area contributed by atoms with Crippen molar-refractivity contribution in [3.8, 4) is 5.69 Å². The number of rotatable bonds is 3. The summed E-state index contributed by atoms with van der Waals surface area (Å²) in [5.41, 5.74) is 2.13. The monoisotopic (exact) mass is 352 g/mol. The molecule has 24 heavy (non-hydrogen) atoms. The Morgan fingerprint density at radius 3 is 2.46 bits per heavy atom. The number of nitrogens with one attached hydrogen (secondary N) is 1. The molecular formula is C17H22ClFN4O. The van der Waals surface area contributed by atoms with Crippen LogP contribution in [0.5, 0.6) is 0 Å². The Morgan fingerprint density at radius 2 is 1.88 bits per heavy atom. The second-order valence-corrected chi connectivity index (χ2v) is 5.89. The lowest BCUT2D eigenvalue weighted by molar-refractivity contribution is 0.0706. The molecule has 1 fully saturated rings. The molecule has 3 rings (SSSR count). The molecule has 2 heterocycles. The molecule has 0 saturated carbocycles. The van der Waals surface area contributed by atoms with Crippen LogP contribution < -0.4 is 5.32 Å². The van der Waals surface area contributed by atoms with Crippen LogP contribution in [0, 0.1) is 12.7 Å². The maximum absolute atomic E-state index is 13.0. The summed E-state index contributed by atoms with van der Waals surface area (Å²) < 4.78 is 14.7. The van der Waals surface area contributed by atoms with E-state index in [4.69, 9.17) is 0 Å². The van der Waals surface area contributed by atoms with E-state index in [1.165, 1.54) is 12.1 Å². The number of carbonyl (C=O) groups excluding carboxylic acids is 1. The molecule has 7 heteroatoms. The van der Waals surface area contributed by atoms with Crippen LogP contribution in [0.25, 0.3) is 5.69 Å². The number of nitrogens with zero attached hydrogens (tertiary/aromatic N) is 3. The van der Waals surface area contributed by atoms with Crippen LogP contribution >= 0.6 is 12.4 Å². The average molecular weight is 353 g/mol. The Hall–Kier alpha value is -1.92. The lowest BCUT2D eigenvalue weighted by Gasteiger charge is -2.31. The molecule has 0 unspecified atom stereocenters. The average Bonchev–Trinajstić information content (AvgIpc) is 2.96. The number of hydrogen-bond donors (Lipinski definition) is 1. The Morgan fingerprint density at radius 1 is 1.25 bits per heavy atom. The molecule has 1 aliphatic rings. The fourth-order valence-electron chi connectivity index (χ4n) is 3.00. The SMILES string of the molecule is CNC1CCN(C(=O)c2cnn(-c3ccc(F)cc3)c2C)CC1.Cl. The van der Waals surface area contributed by atoms with E-state index in [1.807, 2.05) is 18.9 Å². The lowest BCUT2D eigenvalue weighted by Crippen LogP contribution is -2.44. The molecule has 0 bridgehead atoms. The molecule has 0 aliphatic carbocycles. The van der Waals surface area contributed by atoms with E-state index < -0.39 is 0 Å². The number of halogens is 2. The minimum Gasteiger partial charge on any atom is -0.338 e. The van der Waals surface area contributed by atoms with Gasteiger partial charge in [0.25, 0.3) is 5.91 Å². The van der Waals surface area contributed by atoms with E-state index in [0.29, 0.717) is 11.6 Å². The fraction of sp³-hybridized carbons (Fsp3) is 0.412. The largest absolute Gasteiger partial charge is 0.338 e. The van der Waals surface area contributed by atoms with Gasteiger partial charge < -0.3 is 10.2 Å². The van der Waals surface area contributed by atoms with Gasteiger partial charge in [-0.2, -0.15) is 5.10 Å². The van der Waals surface area contributed by atoms with Crippen LogP contribution in [-0.2, 0) is 0 Å². The van der Waals surface area contributed by atoms with E-state index in [0.717, 1.165) is 37.3 Å². The second-order valence-electron chi connectivity index (χ2n) is 5.89. The summed E-state index contributed by atoms with van der Waals surface area (Å²) in [5.74, 6) is -0.271. The first-order valence-corrected chi connectivity index (χ1v) is 7.87. The number of likely N-dealkylation sites (tertiary alicyclic amines) is 1. The van der Waals surface area contributed by atoms with Crippen molar-refractivity contribution in [2.75, 3.05) is 20.1 Å². The summed E-state index contributed by atoms with van der Waals surface area (Å²) >= 11 is 0. The van der Waals surface area contributed by atoms with Gasteiger partial charge in [-0.25, -0.2) is 9.07 Å². The van der Waals surface area contributed by atoms with Gasteiger partial charge in [-0.1, -0.05) is 0 Å². The number of aromatic nitrogens is 2. The molecule has 5 nitrogen and oxygen atoms in total. The summed E-state index contributed by atoms with van der Waals surface area (Å²) in [5, 5.41) is 7.56. The third-order valence-corrected chi connectivity index (χ3v) is 4.50. The third kappa shape index (κ3) is 3.60. The number of benzene rings is 1. The number of amides is 1. The molecule has 130 valence electrons. The Balaban J connectivity index is 0.00000208. The van der Waals surface area contributed by atoms with E-state index in [2.05, 4.69) is 10.4 Å². The van der Waals surface area contributed by atoms with E-state index in [9.17, 15) is 9.18 Å². The first-order chi connectivity index (χ1) is 11.1. The van der Waals surface area contributed by atoms with Crippen molar-refractivity contribution in [2.24, 2.45) is 0 Å². The minimum absolute atomic E-state index is 0. The highest BCUT2D eigenvalue weighted by Gasteiger charge is 2.25. The smallest absolute Gasteiger partial charge is 0.257 e. The first-order valence-electron chi connectivity index (χ1n) is 7.87. The van der Waals surface area contributed by atoms with Crippen LogP contribution in [0.2, 0.25) is 0 Å². The van der Waals surface area contributed by atoms with Crippen molar-refractivity contribution in [3.05, 3.63) is 47.5 Å². The predicted molar refractivity (Wildman–Crippen MR) is 93.5 cm³/mol. The first kappa shape index (κ1) is 18.4. The molecule has 0 spiro atoms. The molecule has 0 atom stereocenters. The Labute approximate surface area is 147 Å². The van der Waals surface area contributed by atoms with Crippen LogP contribution in [0.3, 0.4) is 0 Å². The maximum Gasteiger partial charge on any atom is 0.257 e. The summed E-state index contributed by atoms with van der Waals surface area (Å²) in [7, 11) is 1.96. The van der Waals surface area contributed by atoms with Gasteiger partial charge in [0.2, 0.25) is 0 Å². The van der Waals surface area contributed by atoms with Crippen molar-refractivity contribution >= 4 is 18.3 Å². The molecule has 1 aromatic carbocycles. The van der Waals surface area contributed by atoms with Crippen LogP contribution in [0.1, 0.15) is 28.9 Å². The zero-order valence-electron chi connectivity index (χ0n) is 13.8. The van der Waals surface area contributed by atoms with E-state index >= 15 is 0 Å². The zero-order valence-corrected chi connectivity index (χ0v) is 14.6. The molecule has 1 aliphatic heterocycles. The molecule has 2 aromatic rings. The summed E-state index contributed by atoms with van der Waals surface area (Å²) in [6.45, 7) is 3.38. The zero-order chi connectivity index (χ0) is 16.4. The van der Waals surface area contributed by atoms with Crippen molar-refractivity contribution in [3.63, 3.8) is 0 Å². The highest BCUT2D eigenvalue weighted by atomic mass is 35.5. The summed E-state index contributed by atoms with van der Waals surface area (Å²) in [6, 6.07) is 6.58. The normalized spacial score (nSPS) is 15.2. The van der Waals surface area contributed by atoms with E-state index in [-0.39, 0.29) is 24.1 Å². The summed E-state index contributed by atoms with van der Waals surface area (Å²) in [4.78, 5) is 14.6. The van der Waals surface area contributed by atoms with Crippen molar-refractivity contribution in [2.45, 2.75) is 25.8 Å². The summed E-state index contributed by atoms with van der Waals surface area (Å²) in [6.07, 6.45) is 3.53. The van der Waals surface area contributed by atoms with Crippen LogP contribution in [0.4, 0.5) is 4.39 Å². The molecule has 1 saturated heterocycles. The molecular weight excluding hydrogens is 331 g/mol. The fourth-order valence-corrected chi connectivity index (χ4v) is 3.00. The molecule has 0 radical (unpaired) electrons. The maximum atomic E-state index is 13.0. The molecule has 1 aromatic heterocycles. The number of carbonyl (C=O) groups is 1. The quantitative estimate of drug-likeness (QED) is 0.923. The highest BCUT2D eigenvalue weighted by Crippen LogP contribution is 2.19. The highest BCUT2D eigenvalue weighted by molar-refractivity contribution is 5.95. The Kier molecular flexibility index (Phi) is 5.96. The van der Waals surface area contributed by atoms with Crippen LogP contribution in [0.15, 0.2) is 30.5 Å². The van der Waals surface area contributed by atoms with Gasteiger partial charge in [0.05, 0.1) is 23.1 Å². The third-order valence-electron chi connectivity index (χ3n) is 4.50. The topological polar surface area (TPSA) is 50.2 Å². The minimum atomic E-state index is -0.290. The van der Waals surface area contributed by atoms with Gasteiger partial charge in [0.1, 0.15) is 5.82 Å². The standard InChI is InChI=1S/C17H21FN4O.ClH/c1-12-16(17(23)21-9-7-14(19-2)8-10-21)11-20-22(12)15-5-3-13(18)4-6-15;/h3-6,11,14,19H,7-10H2,1-2H3;1H. The Bertz CT molecular complexity index is 693. The number of piperidine rings is 1. The van der Waals surface area contributed by atoms with Gasteiger partial charge in [-0.3, -0.25) is 4.79 Å². The van der Waals surface area contributed by atoms with Gasteiger partial charge >= 0.3 is 0 Å².